The van der Waals surface area contributed by atoms with Gasteiger partial charge in [0.2, 0.25) is 0 Å². The molecule has 0 unspecified atom stereocenters. The maximum absolute atomic E-state index is 11.8. The van der Waals surface area contributed by atoms with Crippen LogP contribution in [0.15, 0.2) is 54.7 Å². The topological polar surface area (TPSA) is 69.3 Å². The van der Waals surface area contributed by atoms with Crippen LogP contribution in [0.3, 0.4) is 0 Å². The smallest absolute Gasteiger partial charge is 0.185 e. The third-order valence-corrected chi connectivity index (χ3v) is 7.81. The first-order valence-corrected chi connectivity index (χ1v) is 15.4. The Bertz CT molecular complexity index is 1290. The number of hydrogen-bond acceptors (Lipinski definition) is 4. The third-order valence-electron chi connectivity index (χ3n) is 5.85. The van der Waals surface area contributed by atoms with Crippen LogP contribution >= 0.6 is 11.6 Å². The molecule has 1 N–H and O–H groups in total. The quantitative estimate of drug-likeness (QED) is 0.171. The van der Waals surface area contributed by atoms with Gasteiger partial charge in [-0.1, -0.05) is 61.6 Å². The highest BCUT2D eigenvalue weighted by atomic mass is 35.5. The van der Waals surface area contributed by atoms with E-state index in [1.54, 1.807) is 4.57 Å². The van der Waals surface area contributed by atoms with Crippen LogP contribution in [0, 0.1) is 0 Å². The van der Waals surface area contributed by atoms with E-state index in [0.29, 0.717) is 29.6 Å². The fourth-order valence-electron chi connectivity index (χ4n) is 4.04. The Morgan fingerprint density at radius 3 is 2.53 bits per heavy atom. The molecule has 0 saturated heterocycles. The van der Waals surface area contributed by atoms with Gasteiger partial charge < -0.3 is 14.4 Å². The van der Waals surface area contributed by atoms with E-state index in [0.717, 1.165) is 34.4 Å². The average molecular weight is 496 g/mol. The monoisotopic (exact) mass is 495 g/mol. The molecule has 2 aromatic heterocycles. The molecule has 8 heteroatoms. The number of carbonyl (C=O) groups is 1. The van der Waals surface area contributed by atoms with Crippen LogP contribution in [-0.2, 0) is 24.6 Å². The van der Waals surface area contributed by atoms with Gasteiger partial charge in [-0.15, -0.1) is 0 Å². The molecule has 34 heavy (non-hydrogen) atoms. The van der Waals surface area contributed by atoms with Gasteiger partial charge in [0.1, 0.15) is 6.73 Å². The Labute approximate surface area is 205 Å². The van der Waals surface area contributed by atoms with E-state index in [1.807, 2.05) is 42.5 Å². The van der Waals surface area contributed by atoms with Gasteiger partial charge in [-0.05, 0) is 29.8 Å². The van der Waals surface area contributed by atoms with Crippen molar-refractivity contribution in [2.45, 2.75) is 45.6 Å². The largest absolute Gasteiger partial charge is 0.390 e. The highest BCUT2D eigenvalue weighted by molar-refractivity contribution is 6.76. The first kappa shape index (κ1) is 24.4. The number of fused-ring (bicyclic) bond motifs is 1. The zero-order valence-corrected chi connectivity index (χ0v) is 21.5. The number of aliphatic hydroxyl groups excluding tert-OH is 1. The summed E-state index contributed by atoms with van der Waals surface area (Å²) in [5, 5.41) is 11.8. The molecule has 0 amide bonds. The van der Waals surface area contributed by atoms with E-state index in [1.165, 1.54) is 0 Å². The van der Waals surface area contributed by atoms with Crippen molar-refractivity contribution in [3.63, 3.8) is 0 Å². The van der Waals surface area contributed by atoms with Gasteiger partial charge in [0.15, 0.2) is 12.1 Å². The Hall–Kier alpha value is -2.71. The second kappa shape index (κ2) is 10.3. The predicted molar refractivity (Wildman–Crippen MR) is 139 cm³/mol. The number of halogens is 1. The van der Waals surface area contributed by atoms with Gasteiger partial charge in [0, 0.05) is 48.9 Å². The van der Waals surface area contributed by atoms with Crippen LogP contribution in [0.25, 0.3) is 22.2 Å². The van der Waals surface area contributed by atoms with Gasteiger partial charge in [-0.2, -0.15) is 0 Å². The van der Waals surface area contributed by atoms with Crippen molar-refractivity contribution in [2.24, 2.45) is 0 Å². The van der Waals surface area contributed by atoms with Crippen LogP contribution < -0.4 is 0 Å². The molecule has 0 aliphatic heterocycles. The van der Waals surface area contributed by atoms with Gasteiger partial charge in [-0.3, -0.25) is 9.36 Å². The minimum absolute atomic E-state index is 0.206. The van der Waals surface area contributed by atoms with Crippen molar-refractivity contribution in [3.8, 4) is 11.3 Å². The van der Waals surface area contributed by atoms with Crippen molar-refractivity contribution < 1.29 is 14.6 Å². The Kier molecular flexibility index (Phi) is 7.38. The van der Waals surface area contributed by atoms with Crippen LogP contribution in [-0.4, -0.2) is 40.2 Å². The number of nitrogens with zero attached hydrogens (tertiary/aromatic N) is 3. The lowest BCUT2D eigenvalue weighted by Crippen LogP contribution is -2.22. The molecule has 0 aliphatic rings. The second-order valence-electron chi connectivity index (χ2n) is 9.63. The Morgan fingerprint density at radius 1 is 1.12 bits per heavy atom. The number of ether oxygens (including phenoxy) is 1. The highest BCUT2D eigenvalue weighted by Crippen LogP contribution is 2.34. The first-order chi connectivity index (χ1) is 16.3. The van der Waals surface area contributed by atoms with Gasteiger partial charge >= 0.3 is 0 Å². The molecule has 0 bridgehead atoms. The van der Waals surface area contributed by atoms with Crippen molar-refractivity contribution in [1.29, 1.82) is 0 Å². The SMILES string of the molecule is C[Si](C)(C)CCOCn1c(C=O)nc(CO)c1-c1cn(Cc2ccc(Cl)cc2)c2ccccc12. The number of hydrogen-bond donors (Lipinski definition) is 1. The molecular weight excluding hydrogens is 466 g/mol. The molecule has 0 aliphatic carbocycles. The van der Waals surface area contributed by atoms with E-state index < -0.39 is 8.07 Å². The summed E-state index contributed by atoms with van der Waals surface area (Å²) in [4.78, 5) is 16.3. The summed E-state index contributed by atoms with van der Waals surface area (Å²) in [5.74, 6) is 0.251. The summed E-state index contributed by atoms with van der Waals surface area (Å²) in [5.41, 5.74) is 4.25. The van der Waals surface area contributed by atoms with Gasteiger partial charge in [-0.25, -0.2) is 4.98 Å². The molecule has 0 fully saturated rings. The molecular formula is C26H30ClN3O3Si. The molecule has 4 aromatic rings. The van der Waals surface area contributed by atoms with Crippen molar-refractivity contribution in [2.75, 3.05) is 6.61 Å². The predicted octanol–water partition coefficient (Wildman–Crippen LogP) is 5.82. The van der Waals surface area contributed by atoms with Crippen LogP contribution in [0.4, 0.5) is 0 Å². The highest BCUT2D eigenvalue weighted by Gasteiger charge is 2.22. The summed E-state index contributed by atoms with van der Waals surface area (Å²) < 4.78 is 9.92. The maximum atomic E-state index is 11.8. The number of imidazole rings is 1. The lowest BCUT2D eigenvalue weighted by Gasteiger charge is -2.16. The number of aldehydes is 1. The molecule has 6 nitrogen and oxygen atoms in total. The summed E-state index contributed by atoms with van der Waals surface area (Å²) in [6, 6.07) is 16.9. The number of para-hydroxylation sites is 1. The zero-order valence-electron chi connectivity index (χ0n) is 19.8. The van der Waals surface area contributed by atoms with Gasteiger partial charge in [0.05, 0.1) is 18.0 Å². The van der Waals surface area contributed by atoms with E-state index in [2.05, 4.69) is 41.5 Å². The lowest BCUT2D eigenvalue weighted by atomic mass is 10.1. The van der Waals surface area contributed by atoms with Crippen molar-refractivity contribution in [1.82, 2.24) is 14.1 Å². The zero-order chi connectivity index (χ0) is 24.3. The molecule has 0 spiro atoms. The van der Waals surface area contributed by atoms with Crippen LogP contribution in [0.5, 0.6) is 0 Å². The number of carbonyl (C=O) groups excluding carboxylic acids is 1. The summed E-state index contributed by atoms with van der Waals surface area (Å²) in [6.07, 6.45) is 2.78. The van der Waals surface area contributed by atoms with E-state index in [-0.39, 0.29) is 19.2 Å². The molecule has 4 rings (SSSR count). The summed E-state index contributed by atoms with van der Waals surface area (Å²) in [7, 11) is -1.24. The number of aliphatic hydroxyl groups is 1. The van der Waals surface area contributed by atoms with Crippen LogP contribution in [0.2, 0.25) is 30.7 Å². The Morgan fingerprint density at radius 2 is 1.85 bits per heavy atom. The number of aromatic nitrogens is 3. The molecule has 178 valence electrons. The number of benzene rings is 2. The summed E-state index contributed by atoms with van der Waals surface area (Å²) in [6.45, 7) is 8.12. The fourth-order valence-corrected chi connectivity index (χ4v) is 4.92. The van der Waals surface area contributed by atoms with Crippen LogP contribution in [0.1, 0.15) is 21.9 Å². The lowest BCUT2D eigenvalue weighted by molar-refractivity contribution is 0.0841. The molecule has 2 heterocycles. The summed E-state index contributed by atoms with van der Waals surface area (Å²) >= 11 is 6.06. The first-order valence-electron chi connectivity index (χ1n) is 11.4. The van der Waals surface area contributed by atoms with E-state index >= 15 is 0 Å². The average Bonchev–Trinajstić information content (AvgIpc) is 3.35. The molecule has 0 atom stereocenters. The van der Waals surface area contributed by atoms with E-state index in [4.69, 9.17) is 16.3 Å². The number of rotatable bonds is 10. The fraction of sp³-hybridized carbons (Fsp3) is 0.308. The van der Waals surface area contributed by atoms with Crippen molar-refractivity contribution in [3.05, 3.63) is 76.8 Å². The molecule has 0 saturated carbocycles. The van der Waals surface area contributed by atoms with Crippen molar-refractivity contribution >= 4 is 36.9 Å². The third kappa shape index (κ3) is 5.33. The Balaban J connectivity index is 1.76. The standard InChI is InChI=1S/C26H30ClN3O3Si/c1-34(2,3)13-12-33-18-30-25(17-32)28-23(16-31)26(30)22-15-29(24-7-5-4-6-21(22)24)14-19-8-10-20(27)11-9-19/h4-11,15,17,31H,12-14,16,18H2,1-3H3. The molecule has 0 radical (unpaired) electrons. The minimum Gasteiger partial charge on any atom is -0.390 e. The minimum atomic E-state index is -1.24. The van der Waals surface area contributed by atoms with Gasteiger partial charge in [0.25, 0.3) is 0 Å². The van der Waals surface area contributed by atoms with E-state index in [9.17, 15) is 9.90 Å². The second-order valence-corrected chi connectivity index (χ2v) is 15.7. The molecule has 2 aromatic carbocycles. The maximum Gasteiger partial charge on any atom is 0.185 e. The normalized spacial score (nSPS) is 11.9.